The third-order valence-corrected chi connectivity index (χ3v) is 3.23. The predicted molar refractivity (Wildman–Crippen MR) is 66.8 cm³/mol. The van der Waals surface area contributed by atoms with Crippen LogP contribution >= 0.6 is 0 Å². The predicted octanol–water partition coefficient (Wildman–Crippen LogP) is 1.46. The van der Waals surface area contributed by atoms with E-state index < -0.39 is 36.7 Å². The second-order valence-electron chi connectivity index (χ2n) is 4.95. The number of carboxylic acids is 1. The number of nitrogens with zero attached hydrogens (tertiary/aromatic N) is 1. The lowest BCUT2D eigenvalue weighted by atomic mass is 10.1. The Kier molecular flexibility index (Phi) is 6.25. The van der Waals surface area contributed by atoms with E-state index in [0.717, 1.165) is 0 Å². The molecule has 1 aliphatic heterocycles. The van der Waals surface area contributed by atoms with E-state index in [1.807, 2.05) is 0 Å². The molecule has 21 heavy (non-hydrogen) atoms. The van der Waals surface area contributed by atoms with Crippen molar-refractivity contribution in [3.05, 3.63) is 0 Å². The molecule has 0 saturated carbocycles. The molecule has 0 aromatic carbocycles. The maximum absolute atomic E-state index is 12.0. The van der Waals surface area contributed by atoms with Crippen LogP contribution in [0.25, 0.3) is 0 Å². The molecule has 2 amide bonds. The monoisotopic (exact) mass is 312 g/mol. The van der Waals surface area contributed by atoms with Gasteiger partial charge in [0.2, 0.25) is 0 Å². The Bertz CT molecular complexity index is 376. The minimum absolute atomic E-state index is 0.112. The van der Waals surface area contributed by atoms with Crippen molar-refractivity contribution >= 4 is 12.0 Å². The van der Waals surface area contributed by atoms with Crippen molar-refractivity contribution in [1.29, 1.82) is 0 Å². The topological polar surface area (TPSA) is 78.9 Å². The summed E-state index contributed by atoms with van der Waals surface area (Å²) in [7, 11) is 0. The number of ether oxygens (including phenoxy) is 1. The van der Waals surface area contributed by atoms with Gasteiger partial charge in [0.1, 0.15) is 6.61 Å². The summed E-state index contributed by atoms with van der Waals surface area (Å²) in [5.74, 6) is -1.54. The standard InChI is InChI=1S/C12H19F3N2O4/c1-2-9(6-21-7-12(13,14)15)16-11(20)17-4-3-8(5-17)10(18)19/h8-9H,2-7H2,1H3,(H,16,20)(H,18,19). The second-order valence-corrected chi connectivity index (χ2v) is 4.95. The van der Waals surface area contributed by atoms with Crippen molar-refractivity contribution in [2.45, 2.75) is 32.0 Å². The molecule has 2 atom stereocenters. The van der Waals surface area contributed by atoms with E-state index in [9.17, 15) is 22.8 Å². The molecule has 0 aromatic rings. The molecular weight excluding hydrogens is 293 g/mol. The number of urea groups is 1. The molecule has 0 aromatic heterocycles. The average Bonchev–Trinajstić information content (AvgIpc) is 2.85. The van der Waals surface area contributed by atoms with Gasteiger partial charge in [0.05, 0.1) is 18.6 Å². The van der Waals surface area contributed by atoms with Crippen LogP contribution in [0, 0.1) is 5.92 Å². The average molecular weight is 312 g/mol. The summed E-state index contributed by atoms with van der Waals surface area (Å²) in [6.07, 6.45) is -3.60. The summed E-state index contributed by atoms with van der Waals surface area (Å²) < 4.78 is 40.4. The van der Waals surface area contributed by atoms with Crippen molar-refractivity contribution in [2.75, 3.05) is 26.3 Å². The Labute approximate surface area is 120 Å². The number of alkyl halides is 3. The zero-order chi connectivity index (χ0) is 16.0. The molecule has 1 rings (SSSR count). The Hall–Kier alpha value is -1.51. The molecule has 0 bridgehead atoms. The Morgan fingerprint density at radius 3 is 2.62 bits per heavy atom. The second kappa shape index (κ2) is 7.48. The van der Waals surface area contributed by atoms with Crippen LogP contribution in [0.15, 0.2) is 0 Å². The van der Waals surface area contributed by atoms with E-state index in [4.69, 9.17) is 5.11 Å². The minimum Gasteiger partial charge on any atom is -0.481 e. The van der Waals surface area contributed by atoms with Gasteiger partial charge in [0, 0.05) is 13.1 Å². The third kappa shape index (κ3) is 6.19. The van der Waals surface area contributed by atoms with Crippen molar-refractivity contribution < 1.29 is 32.6 Å². The summed E-state index contributed by atoms with van der Waals surface area (Å²) in [5.41, 5.74) is 0. The van der Waals surface area contributed by atoms with Crippen LogP contribution in [0.2, 0.25) is 0 Å². The number of nitrogens with one attached hydrogen (secondary N) is 1. The quantitative estimate of drug-likeness (QED) is 0.778. The minimum atomic E-state index is -4.40. The first-order chi connectivity index (χ1) is 9.73. The normalized spacial score (nSPS) is 20.4. The van der Waals surface area contributed by atoms with E-state index in [1.165, 1.54) is 4.90 Å². The molecule has 1 heterocycles. The molecule has 0 radical (unpaired) electrons. The zero-order valence-corrected chi connectivity index (χ0v) is 11.7. The van der Waals surface area contributed by atoms with E-state index >= 15 is 0 Å². The number of carbonyl (C=O) groups excluding carboxylic acids is 1. The maximum atomic E-state index is 12.0. The number of amides is 2. The van der Waals surface area contributed by atoms with Crippen molar-refractivity contribution in [2.24, 2.45) is 5.92 Å². The van der Waals surface area contributed by atoms with E-state index in [-0.39, 0.29) is 13.2 Å². The Morgan fingerprint density at radius 2 is 2.14 bits per heavy atom. The first-order valence-electron chi connectivity index (χ1n) is 6.65. The number of hydrogen-bond acceptors (Lipinski definition) is 3. The highest BCUT2D eigenvalue weighted by molar-refractivity contribution is 5.77. The van der Waals surface area contributed by atoms with Gasteiger partial charge in [-0.25, -0.2) is 4.79 Å². The molecule has 1 fully saturated rings. The van der Waals surface area contributed by atoms with Crippen LogP contribution in [0.4, 0.5) is 18.0 Å². The van der Waals surface area contributed by atoms with Crippen molar-refractivity contribution in [1.82, 2.24) is 10.2 Å². The number of aliphatic carboxylic acids is 1. The molecule has 122 valence electrons. The zero-order valence-electron chi connectivity index (χ0n) is 11.7. The lowest BCUT2D eigenvalue weighted by molar-refractivity contribution is -0.175. The Morgan fingerprint density at radius 1 is 1.48 bits per heavy atom. The molecule has 2 unspecified atom stereocenters. The number of halogens is 3. The van der Waals surface area contributed by atoms with E-state index in [0.29, 0.717) is 19.4 Å². The number of rotatable bonds is 6. The number of likely N-dealkylation sites (tertiary alicyclic amines) is 1. The molecule has 1 saturated heterocycles. The lowest BCUT2D eigenvalue weighted by Crippen LogP contribution is -2.46. The molecule has 0 spiro atoms. The van der Waals surface area contributed by atoms with Gasteiger partial charge in [-0.15, -0.1) is 0 Å². The largest absolute Gasteiger partial charge is 0.481 e. The fourth-order valence-electron chi connectivity index (χ4n) is 1.99. The highest BCUT2D eigenvalue weighted by Crippen LogP contribution is 2.17. The van der Waals surface area contributed by atoms with Crippen LogP contribution < -0.4 is 5.32 Å². The molecule has 1 aliphatic rings. The van der Waals surface area contributed by atoms with Gasteiger partial charge < -0.3 is 20.1 Å². The lowest BCUT2D eigenvalue weighted by Gasteiger charge is -2.22. The number of carboxylic acid groups (broad SMARTS) is 1. The molecule has 6 nitrogen and oxygen atoms in total. The summed E-state index contributed by atoms with van der Waals surface area (Å²) in [6.45, 7) is 0.553. The van der Waals surface area contributed by atoms with Crippen LogP contribution in [0.1, 0.15) is 19.8 Å². The van der Waals surface area contributed by atoms with Gasteiger partial charge in [-0.1, -0.05) is 6.92 Å². The SMILES string of the molecule is CCC(COCC(F)(F)F)NC(=O)N1CCC(C(=O)O)C1. The van der Waals surface area contributed by atoms with Crippen LogP contribution in [-0.4, -0.2) is 60.5 Å². The Balaban J connectivity index is 2.36. The van der Waals surface area contributed by atoms with Crippen molar-refractivity contribution in [3.8, 4) is 0 Å². The maximum Gasteiger partial charge on any atom is 0.411 e. The molecule has 2 N–H and O–H groups in total. The van der Waals surface area contributed by atoms with Gasteiger partial charge >= 0.3 is 18.2 Å². The van der Waals surface area contributed by atoms with Crippen LogP contribution in [0.3, 0.4) is 0 Å². The number of hydrogen-bond donors (Lipinski definition) is 2. The van der Waals surface area contributed by atoms with Gasteiger partial charge in [-0.3, -0.25) is 4.79 Å². The van der Waals surface area contributed by atoms with Crippen LogP contribution in [-0.2, 0) is 9.53 Å². The van der Waals surface area contributed by atoms with Crippen molar-refractivity contribution in [3.63, 3.8) is 0 Å². The first-order valence-corrected chi connectivity index (χ1v) is 6.65. The summed E-state index contributed by atoms with van der Waals surface area (Å²) in [5, 5.41) is 11.4. The first kappa shape index (κ1) is 17.5. The highest BCUT2D eigenvalue weighted by Gasteiger charge is 2.32. The fourth-order valence-corrected chi connectivity index (χ4v) is 1.99. The third-order valence-electron chi connectivity index (χ3n) is 3.23. The summed E-state index contributed by atoms with van der Waals surface area (Å²) in [4.78, 5) is 24.0. The van der Waals surface area contributed by atoms with E-state index in [2.05, 4.69) is 10.1 Å². The van der Waals surface area contributed by atoms with Gasteiger partial charge in [0.15, 0.2) is 0 Å². The molecule has 9 heteroatoms. The molecular formula is C12H19F3N2O4. The smallest absolute Gasteiger partial charge is 0.411 e. The van der Waals surface area contributed by atoms with Gasteiger partial charge in [0.25, 0.3) is 0 Å². The van der Waals surface area contributed by atoms with E-state index in [1.54, 1.807) is 6.92 Å². The highest BCUT2D eigenvalue weighted by atomic mass is 19.4. The van der Waals surface area contributed by atoms with Gasteiger partial charge in [-0.05, 0) is 12.8 Å². The number of carbonyl (C=O) groups is 2. The fraction of sp³-hybridized carbons (Fsp3) is 0.833. The summed E-state index contributed by atoms with van der Waals surface area (Å²) >= 11 is 0. The summed E-state index contributed by atoms with van der Waals surface area (Å²) in [6, 6.07) is -1.01. The molecule has 0 aliphatic carbocycles. The van der Waals surface area contributed by atoms with Gasteiger partial charge in [-0.2, -0.15) is 13.2 Å². The van der Waals surface area contributed by atoms with Crippen LogP contribution in [0.5, 0.6) is 0 Å².